The first-order chi connectivity index (χ1) is 15.2. The second kappa shape index (κ2) is 9.06. The molecule has 4 heteroatoms. The van der Waals surface area contributed by atoms with Gasteiger partial charge in [-0.15, -0.1) is 0 Å². The van der Waals surface area contributed by atoms with Crippen molar-refractivity contribution >= 4 is 5.97 Å². The van der Waals surface area contributed by atoms with Crippen molar-refractivity contribution < 1.29 is 19.7 Å². The topological polar surface area (TPSA) is 66.8 Å². The van der Waals surface area contributed by atoms with Gasteiger partial charge in [-0.05, 0) is 104 Å². The average Bonchev–Trinajstić information content (AvgIpc) is 3.11. The fourth-order valence-corrected chi connectivity index (χ4v) is 9.42. The summed E-state index contributed by atoms with van der Waals surface area (Å²) in [5.41, 5.74) is 0.467. The molecule has 0 heterocycles. The molecule has 0 bridgehead atoms. The van der Waals surface area contributed by atoms with Gasteiger partial charge in [0, 0.05) is 6.08 Å². The number of ether oxygens (including phenoxy) is 1. The van der Waals surface area contributed by atoms with Crippen molar-refractivity contribution in [2.75, 3.05) is 6.61 Å². The summed E-state index contributed by atoms with van der Waals surface area (Å²) >= 11 is 0. The Labute approximate surface area is 195 Å². The minimum absolute atomic E-state index is 0.192. The highest BCUT2D eigenvalue weighted by Crippen LogP contribution is 2.69. The highest BCUT2D eigenvalue weighted by atomic mass is 16.5. The highest BCUT2D eigenvalue weighted by Gasteiger charge is 2.64. The fourth-order valence-electron chi connectivity index (χ4n) is 9.42. The van der Waals surface area contributed by atoms with Crippen molar-refractivity contribution in [2.24, 2.45) is 52.3 Å². The van der Waals surface area contributed by atoms with E-state index >= 15 is 0 Å². The zero-order valence-electron chi connectivity index (χ0n) is 20.9. The van der Waals surface area contributed by atoms with Crippen molar-refractivity contribution in [3.8, 4) is 0 Å². The first-order valence-corrected chi connectivity index (χ1v) is 13.4. The van der Waals surface area contributed by atoms with Gasteiger partial charge in [-0.25, -0.2) is 4.79 Å². The minimum atomic E-state index is -0.248. The molecule has 4 saturated carbocycles. The number of aliphatic hydroxyl groups is 2. The number of hydrogen-bond acceptors (Lipinski definition) is 4. The first kappa shape index (κ1) is 24.3. The van der Waals surface area contributed by atoms with Crippen LogP contribution in [0, 0.1) is 52.3 Å². The summed E-state index contributed by atoms with van der Waals surface area (Å²) in [6, 6.07) is 0. The molecule has 4 rings (SSSR count). The van der Waals surface area contributed by atoms with E-state index in [4.69, 9.17) is 4.74 Å². The number of aliphatic hydroxyl groups excluding tert-OH is 2. The molecule has 0 saturated heterocycles. The number of carbonyl (C=O) groups excluding carboxylic acids is 1. The lowest BCUT2D eigenvalue weighted by Gasteiger charge is -2.64. The van der Waals surface area contributed by atoms with Crippen molar-refractivity contribution in [1.29, 1.82) is 0 Å². The number of fused-ring (bicyclic) bond motifs is 5. The summed E-state index contributed by atoms with van der Waals surface area (Å²) in [6.45, 7) is 11.7. The van der Waals surface area contributed by atoms with Crippen molar-refractivity contribution in [3.63, 3.8) is 0 Å². The van der Waals surface area contributed by atoms with E-state index in [1.54, 1.807) is 6.08 Å². The molecule has 4 unspecified atom stereocenters. The Morgan fingerprint density at radius 2 is 1.72 bits per heavy atom. The van der Waals surface area contributed by atoms with Gasteiger partial charge in [-0.1, -0.05) is 40.2 Å². The molecule has 4 aliphatic rings. The van der Waals surface area contributed by atoms with Crippen LogP contribution in [0.2, 0.25) is 0 Å². The second-order valence-electron chi connectivity index (χ2n) is 12.1. The smallest absolute Gasteiger partial charge is 0.330 e. The normalized spacial score (nSPS) is 49.2. The lowest BCUT2D eigenvalue weighted by Crippen LogP contribution is -2.62. The molecule has 4 aliphatic carbocycles. The van der Waals surface area contributed by atoms with Gasteiger partial charge in [-0.3, -0.25) is 0 Å². The van der Waals surface area contributed by atoms with Crippen LogP contribution in [0.15, 0.2) is 12.2 Å². The molecule has 11 atom stereocenters. The quantitative estimate of drug-likeness (QED) is 0.440. The van der Waals surface area contributed by atoms with Gasteiger partial charge < -0.3 is 14.9 Å². The minimum Gasteiger partial charge on any atom is -0.463 e. The maximum absolute atomic E-state index is 11.9. The summed E-state index contributed by atoms with van der Waals surface area (Å²) < 4.78 is 5.09. The summed E-state index contributed by atoms with van der Waals surface area (Å²) in [4.78, 5) is 11.9. The van der Waals surface area contributed by atoms with Gasteiger partial charge in [0.1, 0.15) is 0 Å². The van der Waals surface area contributed by atoms with E-state index in [2.05, 4.69) is 33.8 Å². The first-order valence-electron chi connectivity index (χ1n) is 13.4. The van der Waals surface area contributed by atoms with Crippen LogP contribution >= 0.6 is 0 Å². The van der Waals surface area contributed by atoms with Crippen LogP contribution in [0.3, 0.4) is 0 Å². The molecule has 0 aromatic rings. The maximum atomic E-state index is 11.9. The molecular formula is C28H46O4. The van der Waals surface area contributed by atoms with Crippen LogP contribution in [-0.2, 0) is 9.53 Å². The highest BCUT2D eigenvalue weighted by molar-refractivity contribution is 5.81. The Bertz CT molecular complexity index is 718. The standard InChI is InChI=1S/C28H46O4/c1-6-19-23-16-18(29)12-14-28(23,5)22-13-15-27(4)20(9-10-21(27)25(22)26(19)31)17(3)8-11-24(30)32-7-2/h8,11,17-23,25-26,29,31H,6-7,9-10,12-16H2,1-5H3/t17-,18?,19?,20-,21+,22+,23?,25+,26?,27-,28-/m1/s1. The molecule has 0 radical (unpaired) electrons. The van der Waals surface area contributed by atoms with Gasteiger partial charge in [0.15, 0.2) is 0 Å². The third kappa shape index (κ3) is 3.78. The van der Waals surface area contributed by atoms with E-state index in [1.807, 2.05) is 6.92 Å². The number of allylic oxidation sites excluding steroid dienone is 1. The second-order valence-corrected chi connectivity index (χ2v) is 12.1. The van der Waals surface area contributed by atoms with Crippen LogP contribution < -0.4 is 0 Å². The molecule has 0 spiro atoms. The predicted molar refractivity (Wildman–Crippen MR) is 127 cm³/mol. The van der Waals surface area contributed by atoms with Crippen LogP contribution in [0.5, 0.6) is 0 Å². The molecule has 2 N–H and O–H groups in total. The van der Waals surface area contributed by atoms with E-state index in [1.165, 1.54) is 25.7 Å². The Morgan fingerprint density at radius 3 is 2.41 bits per heavy atom. The van der Waals surface area contributed by atoms with E-state index in [-0.39, 0.29) is 29.0 Å². The molecule has 4 nitrogen and oxygen atoms in total. The fraction of sp³-hybridized carbons (Fsp3) is 0.893. The van der Waals surface area contributed by atoms with E-state index < -0.39 is 0 Å². The van der Waals surface area contributed by atoms with Crippen LogP contribution in [-0.4, -0.2) is 35.0 Å². The van der Waals surface area contributed by atoms with Crippen molar-refractivity contribution in [1.82, 2.24) is 0 Å². The van der Waals surface area contributed by atoms with Crippen molar-refractivity contribution in [3.05, 3.63) is 12.2 Å². The van der Waals surface area contributed by atoms with Gasteiger partial charge >= 0.3 is 5.97 Å². The van der Waals surface area contributed by atoms with Crippen molar-refractivity contribution in [2.45, 2.75) is 98.2 Å². The zero-order chi connectivity index (χ0) is 23.3. The molecule has 0 aromatic heterocycles. The van der Waals surface area contributed by atoms with E-state index in [9.17, 15) is 15.0 Å². The Balaban J connectivity index is 1.59. The molecule has 182 valence electrons. The monoisotopic (exact) mass is 446 g/mol. The van der Waals surface area contributed by atoms with E-state index in [0.29, 0.717) is 48.0 Å². The third-order valence-corrected chi connectivity index (χ3v) is 10.9. The SMILES string of the molecule is CCOC(=O)C=C[C@@H](C)[C@H]1CC[C@H]2[C@@H]3C(O)C(CC)C4CC(O)CC[C@]4(C)[C@H]3CC[C@]12C. The van der Waals surface area contributed by atoms with Gasteiger partial charge in [0.05, 0.1) is 18.8 Å². The number of carbonyl (C=O) groups is 1. The largest absolute Gasteiger partial charge is 0.463 e. The van der Waals surface area contributed by atoms with Gasteiger partial charge in [-0.2, -0.15) is 0 Å². The molecule has 0 aromatic carbocycles. The van der Waals surface area contributed by atoms with E-state index in [0.717, 1.165) is 25.7 Å². The Kier molecular flexibility index (Phi) is 6.87. The molecule has 32 heavy (non-hydrogen) atoms. The van der Waals surface area contributed by atoms with Gasteiger partial charge in [0.25, 0.3) is 0 Å². The number of rotatable bonds is 5. The Morgan fingerprint density at radius 1 is 1.03 bits per heavy atom. The summed E-state index contributed by atoms with van der Waals surface area (Å²) in [5, 5.41) is 22.2. The summed E-state index contributed by atoms with van der Waals surface area (Å²) in [5.74, 6) is 2.89. The zero-order valence-corrected chi connectivity index (χ0v) is 20.9. The predicted octanol–water partition coefficient (Wildman–Crippen LogP) is 5.37. The molecule has 0 amide bonds. The third-order valence-electron chi connectivity index (χ3n) is 10.9. The summed E-state index contributed by atoms with van der Waals surface area (Å²) in [7, 11) is 0. The Hall–Kier alpha value is -0.870. The van der Waals surface area contributed by atoms with Crippen LogP contribution in [0.1, 0.15) is 86.0 Å². The maximum Gasteiger partial charge on any atom is 0.330 e. The molecule has 4 fully saturated rings. The van der Waals surface area contributed by atoms with Gasteiger partial charge in [0.2, 0.25) is 0 Å². The average molecular weight is 447 g/mol. The molecular weight excluding hydrogens is 400 g/mol. The lowest BCUT2D eigenvalue weighted by atomic mass is 9.41. The lowest BCUT2D eigenvalue weighted by molar-refractivity contribution is -0.202. The number of hydrogen-bond donors (Lipinski definition) is 2. The van der Waals surface area contributed by atoms with Crippen LogP contribution in [0.25, 0.3) is 0 Å². The number of esters is 1. The van der Waals surface area contributed by atoms with Crippen LogP contribution in [0.4, 0.5) is 0 Å². The summed E-state index contributed by atoms with van der Waals surface area (Å²) in [6.07, 6.45) is 11.9. The molecule has 0 aliphatic heterocycles.